The Morgan fingerprint density at radius 3 is 2.56 bits per heavy atom. The molecule has 2 aromatic carbocycles. The maximum Gasteiger partial charge on any atom is 0.158 e. The summed E-state index contributed by atoms with van der Waals surface area (Å²) in [4.78, 5) is 13.4. The second kappa shape index (κ2) is 8.76. The third-order valence-corrected chi connectivity index (χ3v) is 9.07. The van der Waals surface area contributed by atoms with Gasteiger partial charge >= 0.3 is 0 Å². The van der Waals surface area contributed by atoms with Crippen LogP contribution >= 0.6 is 35.1 Å². The second-order valence-corrected chi connectivity index (χ2v) is 10.8. The van der Waals surface area contributed by atoms with Crippen molar-refractivity contribution in [2.24, 2.45) is 5.41 Å². The average Bonchev–Trinajstić information content (AvgIpc) is 3.16. The number of nitrogen functional groups attached to an aromatic ring is 1. The summed E-state index contributed by atoms with van der Waals surface area (Å²) in [6.07, 6.45) is 7.62. The lowest BCUT2D eigenvalue weighted by atomic mass is 9.76. The lowest BCUT2D eigenvalue weighted by Crippen LogP contribution is -2.41. The molecule has 2 aliphatic rings. The van der Waals surface area contributed by atoms with E-state index in [0.717, 1.165) is 59.9 Å². The Bertz CT molecular complexity index is 1160. The number of anilines is 2. The quantitative estimate of drug-likeness (QED) is 0.449. The Hall–Kier alpha value is -1.96. The van der Waals surface area contributed by atoms with E-state index in [2.05, 4.69) is 20.9 Å². The molecule has 166 valence electrons. The van der Waals surface area contributed by atoms with Gasteiger partial charge < -0.3 is 10.6 Å². The number of nitrogens with two attached hydrogens (primary N) is 1. The summed E-state index contributed by atoms with van der Waals surface area (Å²) in [6, 6.07) is 11.4. The van der Waals surface area contributed by atoms with E-state index in [-0.39, 0.29) is 11.2 Å². The average molecular weight is 487 g/mol. The monoisotopic (exact) mass is 486 g/mol. The molecule has 4 nitrogen and oxygen atoms in total. The summed E-state index contributed by atoms with van der Waals surface area (Å²) in [5, 5.41) is 1.37. The van der Waals surface area contributed by atoms with Gasteiger partial charge in [-0.1, -0.05) is 41.6 Å². The van der Waals surface area contributed by atoms with Gasteiger partial charge in [-0.25, -0.2) is 14.4 Å². The first kappa shape index (κ1) is 21.9. The van der Waals surface area contributed by atoms with Crippen molar-refractivity contribution in [3.8, 4) is 0 Å². The highest BCUT2D eigenvalue weighted by molar-refractivity contribution is 8.00. The number of hydrogen-bond acceptors (Lipinski definition) is 6. The Balaban J connectivity index is 1.27. The fourth-order valence-electron chi connectivity index (χ4n) is 4.82. The van der Waals surface area contributed by atoms with Gasteiger partial charge in [-0.2, -0.15) is 0 Å². The highest BCUT2D eigenvalue weighted by Crippen LogP contribution is 2.46. The number of nitrogens with zero attached hydrogens (tertiary/aromatic N) is 3. The third kappa shape index (κ3) is 4.06. The van der Waals surface area contributed by atoms with E-state index in [0.29, 0.717) is 15.9 Å². The summed E-state index contributed by atoms with van der Waals surface area (Å²) in [5.74, 6) is 1.15. The molecular formula is C24H24ClFN4S2. The molecular weight excluding hydrogens is 463 g/mol. The minimum atomic E-state index is -0.0586. The molecule has 1 spiro atoms. The van der Waals surface area contributed by atoms with Gasteiger partial charge in [-0.15, -0.1) is 11.8 Å². The van der Waals surface area contributed by atoms with E-state index in [1.54, 1.807) is 24.0 Å². The Kier molecular flexibility index (Phi) is 5.99. The fraction of sp³-hybridized carbons (Fsp3) is 0.333. The van der Waals surface area contributed by atoms with Crippen LogP contribution in [-0.4, -0.2) is 29.3 Å². The van der Waals surface area contributed by atoms with Gasteiger partial charge in [0.25, 0.3) is 0 Å². The largest absolute Gasteiger partial charge is 0.381 e. The summed E-state index contributed by atoms with van der Waals surface area (Å²) >= 11 is 9.55. The van der Waals surface area contributed by atoms with Crippen molar-refractivity contribution in [2.45, 2.75) is 40.5 Å². The highest BCUT2D eigenvalue weighted by Gasteiger charge is 2.41. The van der Waals surface area contributed by atoms with Crippen molar-refractivity contribution in [3.63, 3.8) is 0 Å². The Labute approximate surface area is 201 Å². The molecule has 0 saturated carbocycles. The van der Waals surface area contributed by atoms with E-state index < -0.39 is 0 Å². The summed E-state index contributed by atoms with van der Waals surface area (Å²) in [6.45, 7) is 1.75. The van der Waals surface area contributed by atoms with Crippen LogP contribution in [0.4, 0.5) is 16.0 Å². The smallest absolute Gasteiger partial charge is 0.158 e. The van der Waals surface area contributed by atoms with Gasteiger partial charge in [0.2, 0.25) is 0 Å². The first-order valence-electron chi connectivity index (χ1n) is 10.6. The number of piperidine rings is 1. The third-order valence-electron chi connectivity index (χ3n) is 6.59. The van der Waals surface area contributed by atoms with Gasteiger partial charge in [0.05, 0.1) is 11.2 Å². The topological polar surface area (TPSA) is 55.0 Å². The molecule has 1 saturated heterocycles. The van der Waals surface area contributed by atoms with E-state index in [9.17, 15) is 4.39 Å². The number of fused-ring (bicyclic) bond motifs is 1. The number of rotatable bonds is 4. The minimum Gasteiger partial charge on any atom is -0.381 e. The van der Waals surface area contributed by atoms with Gasteiger partial charge in [-0.3, -0.25) is 0 Å². The van der Waals surface area contributed by atoms with Gasteiger partial charge in [-0.05, 0) is 66.7 Å². The molecule has 0 bridgehead atoms. The summed E-state index contributed by atoms with van der Waals surface area (Å²) in [7, 11) is 0. The van der Waals surface area contributed by atoms with Crippen LogP contribution in [0.25, 0.3) is 0 Å². The van der Waals surface area contributed by atoms with Crippen molar-refractivity contribution in [3.05, 3.63) is 64.6 Å². The molecule has 1 aliphatic heterocycles. The lowest BCUT2D eigenvalue weighted by Gasteiger charge is -2.39. The van der Waals surface area contributed by atoms with Crippen molar-refractivity contribution < 1.29 is 4.39 Å². The zero-order valence-electron chi connectivity index (χ0n) is 17.8. The summed E-state index contributed by atoms with van der Waals surface area (Å²) < 4.78 is 14.2. The fourth-order valence-corrected chi connectivity index (χ4v) is 6.67. The molecule has 0 radical (unpaired) electrons. The number of aromatic nitrogens is 2. The molecule has 3 aromatic rings. The number of hydrogen-bond donors (Lipinski definition) is 1. The van der Waals surface area contributed by atoms with Crippen LogP contribution in [0.3, 0.4) is 0 Å². The molecule has 0 atom stereocenters. The van der Waals surface area contributed by atoms with E-state index in [4.69, 9.17) is 17.3 Å². The number of halogens is 2. The van der Waals surface area contributed by atoms with Gasteiger partial charge in [0.1, 0.15) is 16.7 Å². The molecule has 2 N–H and O–H groups in total. The van der Waals surface area contributed by atoms with E-state index in [1.807, 2.05) is 30.5 Å². The van der Waals surface area contributed by atoms with Gasteiger partial charge in [0.15, 0.2) is 5.82 Å². The van der Waals surface area contributed by atoms with Crippen molar-refractivity contribution >= 4 is 46.8 Å². The lowest BCUT2D eigenvalue weighted by molar-refractivity contribution is 0.231. The molecule has 1 fully saturated rings. The molecule has 1 aliphatic carbocycles. The zero-order valence-corrected chi connectivity index (χ0v) is 20.2. The van der Waals surface area contributed by atoms with Crippen molar-refractivity contribution in [1.82, 2.24) is 9.97 Å². The maximum absolute atomic E-state index is 14.2. The molecule has 8 heteroatoms. The molecule has 1 aromatic heterocycles. The number of benzene rings is 2. The van der Waals surface area contributed by atoms with E-state index >= 15 is 0 Å². The molecule has 32 heavy (non-hydrogen) atoms. The minimum absolute atomic E-state index is 0.0586. The van der Waals surface area contributed by atoms with Crippen LogP contribution in [0.5, 0.6) is 0 Å². The predicted molar refractivity (Wildman–Crippen MR) is 131 cm³/mol. The van der Waals surface area contributed by atoms with Crippen LogP contribution in [0.15, 0.2) is 57.4 Å². The van der Waals surface area contributed by atoms with Crippen LogP contribution in [-0.2, 0) is 12.8 Å². The van der Waals surface area contributed by atoms with Crippen molar-refractivity contribution in [1.29, 1.82) is 0 Å². The summed E-state index contributed by atoms with van der Waals surface area (Å²) in [5.41, 5.74) is 8.52. The number of thioether (sulfide) groups is 1. The van der Waals surface area contributed by atoms with Crippen LogP contribution in [0.2, 0.25) is 5.02 Å². The van der Waals surface area contributed by atoms with E-state index in [1.165, 1.54) is 17.3 Å². The Morgan fingerprint density at radius 1 is 1.09 bits per heavy atom. The first-order chi connectivity index (χ1) is 15.5. The van der Waals surface area contributed by atoms with Crippen LogP contribution < -0.4 is 10.6 Å². The standard InChI is InChI=1S/C24H24ClFN4S2/c1-31-18-6-3-7-19(21(18)25)32-23-22(27)29-20(14-28-23)30-10-8-24(9-11-30)12-15-4-2-5-17(26)16(15)13-24/h2-7,14H,8-13H2,1H3,(H2,27,29). The second-order valence-electron chi connectivity index (χ2n) is 8.51. The predicted octanol–water partition coefficient (Wildman–Crippen LogP) is 6.11. The Morgan fingerprint density at radius 2 is 1.84 bits per heavy atom. The molecule has 2 heterocycles. The van der Waals surface area contributed by atoms with Crippen molar-refractivity contribution in [2.75, 3.05) is 30.0 Å². The molecule has 5 rings (SSSR count). The first-order valence-corrected chi connectivity index (χ1v) is 13.0. The highest BCUT2D eigenvalue weighted by atomic mass is 35.5. The maximum atomic E-state index is 14.2. The molecule has 0 unspecified atom stereocenters. The zero-order chi connectivity index (χ0) is 22.3. The SMILES string of the molecule is CSc1cccc(Sc2ncc(N3CCC4(CC3)Cc3cccc(F)c3C4)nc2N)c1Cl. The van der Waals surface area contributed by atoms with Crippen LogP contribution in [0.1, 0.15) is 24.0 Å². The van der Waals surface area contributed by atoms with Gasteiger partial charge in [0, 0.05) is 22.9 Å². The van der Waals surface area contributed by atoms with Crippen LogP contribution in [0, 0.1) is 11.2 Å². The molecule has 0 amide bonds. The normalized spacial score (nSPS) is 17.0.